The Bertz CT molecular complexity index is 641. The van der Waals surface area contributed by atoms with Gasteiger partial charge in [-0.3, -0.25) is 10.0 Å². The summed E-state index contributed by atoms with van der Waals surface area (Å²) in [6.45, 7) is 0. The second-order valence-corrected chi connectivity index (χ2v) is 6.22. The van der Waals surface area contributed by atoms with E-state index in [-0.39, 0.29) is 5.91 Å². The Morgan fingerprint density at radius 3 is 2.12 bits per heavy atom. The third kappa shape index (κ3) is 5.64. The fourth-order valence-corrected chi connectivity index (χ4v) is 2.69. The molecule has 0 aliphatic heterocycles. The number of hydrogen-bond acceptors (Lipinski definition) is 3. The number of amides is 1. The lowest BCUT2D eigenvalue weighted by Crippen LogP contribution is -2.17. The van der Waals surface area contributed by atoms with Gasteiger partial charge in [0.15, 0.2) is 0 Å². The molecule has 4 nitrogen and oxygen atoms in total. The molecule has 0 spiro atoms. The molecule has 1 unspecified atom stereocenters. The zero-order chi connectivity index (χ0) is 17.4. The molecule has 1 atom stereocenters. The first kappa shape index (κ1) is 18.5. The van der Waals surface area contributed by atoms with Crippen molar-refractivity contribution in [2.75, 3.05) is 0 Å². The molecule has 0 aromatic heterocycles. The molecule has 0 aliphatic rings. The predicted octanol–water partition coefficient (Wildman–Crippen LogP) is 4.50. The van der Waals surface area contributed by atoms with Crippen LogP contribution in [0.5, 0.6) is 0 Å². The van der Waals surface area contributed by atoms with E-state index in [2.05, 4.69) is 0 Å². The lowest BCUT2D eigenvalue weighted by Gasteiger charge is -2.12. The van der Waals surface area contributed by atoms with Crippen molar-refractivity contribution >= 4 is 17.5 Å². The SMILES string of the molecule is O=C(CCCCCC(O)c1ccc(-c2ccc(Cl)cc2)cc1)NO. The molecule has 3 N–H and O–H groups in total. The summed E-state index contributed by atoms with van der Waals surface area (Å²) in [6.07, 6.45) is 2.83. The van der Waals surface area contributed by atoms with Crippen molar-refractivity contribution in [3.05, 3.63) is 59.1 Å². The van der Waals surface area contributed by atoms with Crippen LogP contribution >= 0.6 is 11.6 Å². The average molecular weight is 348 g/mol. The number of halogens is 1. The smallest absolute Gasteiger partial charge is 0.243 e. The molecule has 128 valence electrons. The summed E-state index contributed by atoms with van der Waals surface area (Å²) < 4.78 is 0. The first-order chi connectivity index (χ1) is 11.6. The molecule has 5 heteroatoms. The molecule has 0 heterocycles. The second kappa shape index (κ2) is 9.42. The predicted molar refractivity (Wildman–Crippen MR) is 94.9 cm³/mol. The van der Waals surface area contributed by atoms with Gasteiger partial charge < -0.3 is 5.11 Å². The van der Waals surface area contributed by atoms with Crippen LogP contribution < -0.4 is 5.48 Å². The largest absolute Gasteiger partial charge is 0.388 e. The van der Waals surface area contributed by atoms with E-state index in [9.17, 15) is 9.90 Å². The van der Waals surface area contributed by atoms with Gasteiger partial charge in [0.05, 0.1) is 6.10 Å². The maximum Gasteiger partial charge on any atom is 0.243 e. The zero-order valence-corrected chi connectivity index (χ0v) is 14.2. The Balaban J connectivity index is 1.81. The van der Waals surface area contributed by atoms with Crippen molar-refractivity contribution < 1.29 is 15.1 Å². The van der Waals surface area contributed by atoms with Gasteiger partial charge in [0.2, 0.25) is 5.91 Å². The van der Waals surface area contributed by atoms with Crippen LogP contribution in [0.4, 0.5) is 0 Å². The fraction of sp³-hybridized carbons (Fsp3) is 0.316. The number of hydrogen-bond donors (Lipinski definition) is 3. The molecule has 2 rings (SSSR count). The van der Waals surface area contributed by atoms with Gasteiger partial charge in [-0.1, -0.05) is 60.8 Å². The zero-order valence-electron chi connectivity index (χ0n) is 13.4. The van der Waals surface area contributed by atoms with Crippen LogP contribution in [0, 0.1) is 0 Å². The number of aliphatic hydroxyl groups excluding tert-OH is 1. The number of rotatable bonds is 8. The van der Waals surface area contributed by atoms with Gasteiger partial charge in [-0.25, -0.2) is 5.48 Å². The van der Waals surface area contributed by atoms with Crippen LogP contribution in [0.3, 0.4) is 0 Å². The standard InChI is InChI=1S/C19H22ClNO3/c20-17-12-10-15(11-13-17)14-6-8-16(9-7-14)18(22)4-2-1-3-5-19(23)21-24/h6-13,18,22,24H,1-5H2,(H,21,23). The van der Waals surface area contributed by atoms with Crippen molar-refractivity contribution in [3.63, 3.8) is 0 Å². The van der Waals surface area contributed by atoms with Gasteiger partial charge in [-0.05, 0) is 41.7 Å². The molecule has 24 heavy (non-hydrogen) atoms. The molecule has 0 fully saturated rings. The van der Waals surface area contributed by atoms with Crippen molar-refractivity contribution in [1.29, 1.82) is 0 Å². The molecular weight excluding hydrogens is 326 g/mol. The van der Waals surface area contributed by atoms with Crippen LogP contribution in [-0.4, -0.2) is 16.2 Å². The summed E-state index contributed by atoms with van der Waals surface area (Å²) in [5.74, 6) is -0.367. The minimum absolute atomic E-state index is 0.308. The number of carbonyl (C=O) groups excluding carboxylic acids is 1. The fourth-order valence-electron chi connectivity index (χ4n) is 2.56. The maximum absolute atomic E-state index is 10.9. The normalized spacial score (nSPS) is 12.0. The van der Waals surface area contributed by atoms with E-state index >= 15 is 0 Å². The minimum Gasteiger partial charge on any atom is -0.388 e. The summed E-state index contributed by atoms with van der Waals surface area (Å²) in [5, 5.41) is 19.3. The van der Waals surface area contributed by atoms with E-state index in [0.29, 0.717) is 24.3 Å². The van der Waals surface area contributed by atoms with Gasteiger partial charge in [0.25, 0.3) is 0 Å². The minimum atomic E-state index is -0.504. The van der Waals surface area contributed by atoms with Gasteiger partial charge in [0, 0.05) is 11.4 Å². The highest BCUT2D eigenvalue weighted by Crippen LogP contribution is 2.25. The van der Waals surface area contributed by atoms with Gasteiger partial charge in [-0.2, -0.15) is 0 Å². The Kier molecular flexibility index (Phi) is 7.25. The second-order valence-electron chi connectivity index (χ2n) is 5.78. The first-order valence-corrected chi connectivity index (χ1v) is 8.45. The highest BCUT2D eigenvalue weighted by molar-refractivity contribution is 6.30. The molecule has 2 aromatic carbocycles. The van der Waals surface area contributed by atoms with Crippen molar-refractivity contribution in [3.8, 4) is 11.1 Å². The molecule has 1 amide bonds. The highest BCUT2D eigenvalue weighted by atomic mass is 35.5. The monoisotopic (exact) mass is 347 g/mol. The van der Waals surface area contributed by atoms with E-state index in [1.807, 2.05) is 48.5 Å². The summed E-state index contributed by atoms with van der Waals surface area (Å²) in [7, 11) is 0. The number of unbranched alkanes of at least 4 members (excludes halogenated alkanes) is 2. The molecule has 0 bridgehead atoms. The Labute approximate surface area is 147 Å². The molecule has 0 saturated heterocycles. The third-order valence-corrected chi connectivity index (χ3v) is 4.23. The summed E-state index contributed by atoms with van der Waals surface area (Å²) in [5.41, 5.74) is 4.67. The number of benzene rings is 2. The molecule has 0 radical (unpaired) electrons. The highest BCUT2D eigenvalue weighted by Gasteiger charge is 2.08. The number of aliphatic hydroxyl groups is 1. The Hall–Kier alpha value is -1.88. The Morgan fingerprint density at radius 2 is 1.54 bits per heavy atom. The van der Waals surface area contributed by atoms with Crippen molar-refractivity contribution in [2.45, 2.75) is 38.2 Å². The summed E-state index contributed by atoms with van der Waals surface area (Å²) in [4.78, 5) is 10.9. The molecule has 2 aromatic rings. The Morgan fingerprint density at radius 1 is 0.958 bits per heavy atom. The lowest BCUT2D eigenvalue weighted by atomic mass is 9.99. The van der Waals surface area contributed by atoms with E-state index in [0.717, 1.165) is 29.5 Å². The molecular formula is C19H22ClNO3. The lowest BCUT2D eigenvalue weighted by molar-refractivity contribution is -0.129. The number of hydroxylamine groups is 1. The summed E-state index contributed by atoms with van der Waals surface area (Å²) in [6, 6.07) is 15.5. The average Bonchev–Trinajstić information content (AvgIpc) is 2.62. The van der Waals surface area contributed by atoms with Gasteiger partial charge in [0.1, 0.15) is 0 Å². The third-order valence-electron chi connectivity index (χ3n) is 3.98. The van der Waals surface area contributed by atoms with E-state index in [4.69, 9.17) is 16.8 Å². The maximum atomic E-state index is 10.9. The van der Waals surface area contributed by atoms with Gasteiger partial charge in [-0.15, -0.1) is 0 Å². The van der Waals surface area contributed by atoms with Crippen LogP contribution in [0.25, 0.3) is 11.1 Å². The van der Waals surface area contributed by atoms with Crippen LogP contribution in [0.1, 0.15) is 43.8 Å². The van der Waals surface area contributed by atoms with Crippen molar-refractivity contribution in [1.82, 2.24) is 5.48 Å². The molecule has 0 saturated carbocycles. The first-order valence-electron chi connectivity index (χ1n) is 8.07. The van der Waals surface area contributed by atoms with Crippen LogP contribution in [0.2, 0.25) is 5.02 Å². The van der Waals surface area contributed by atoms with Crippen LogP contribution in [0.15, 0.2) is 48.5 Å². The van der Waals surface area contributed by atoms with E-state index < -0.39 is 6.10 Å². The number of nitrogens with one attached hydrogen (secondary N) is 1. The van der Waals surface area contributed by atoms with E-state index in [1.54, 1.807) is 5.48 Å². The van der Waals surface area contributed by atoms with E-state index in [1.165, 1.54) is 0 Å². The summed E-state index contributed by atoms with van der Waals surface area (Å²) >= 11 is 5.89. The van der Waals surface area contributed by atoms with Crippen molar-refractivity contribution in [2.24, 2.45) is 0 Å². The van der Waals surface area contributed by atoms with Crippen LogP contribution in [-0.2, 0) is 4.79 Å². The molecule has 0 aliphatic carbocycles. The number of carbonyl (C=O) groups is 1. The van der Waals surface area contributed by atoms with Gasteiger partial charge >= 0.3 is 0 Å². The topological polar surface area (TPSA) is 69.6 Å². The quantitative estimate of drug-likeness (QED) is 0.374.